The molecule has 1 aromatic heterocycles. The highest BCUT2D eigenvalue weighted by Crippen LogP contribution is 2.38. The maximum absolute atomic E-state index is 14.7. The molecule has 0 saturated carbocycles. The molecule has 2 aromatic carbocycles. The molecule has 2 aliphatic heterocycles. The lowest BCUT2D eigenvalue weighted by atomic mass is 9.88. The zero-order valence-electron chi connectivity index (χ0n) is 19.4. The fourth-order valence-electron chi connectivity index (χ4n) is 4.83. The molecule has 0 radical (unpaired) electrons. The molecule has 34 heavy (non-hydrogen) atoms. The standard InChI is InChI=1S/C26H28FN3O3S/c1-3-17-15-28-26(29-16-17)30-10-8-18(9-11-30)25-13-20-12-19(4-7-24(20)33-25)22-6-5-21(14-23(22)27)34(2,31)32/h4-7,12,14-16,18,25H,3,8-11,13H2,1-2H3. The molecule has 178 valence electrons. The summed E-state index contributed by atoms with van der Waals surface area (Å²) < 4.78 is 44.4. The summed E-state index contributed by atoms with van der Waals surface area (Å²) in [6, 6.07) is 9.77. The summed E-state index contributed by atoms with van der Waals surface area (Å²) in [6.45, 7) is 3.89. The number of sulfone groups is 1. The number of nitrogens with zero attached hydrogens (tertiary/aromatic N) is 3. The van der Waals surface area contributed by atoms with Crippen molar-refractivity contribution in [3.05, 3.63) is 65.7 Å². The van der Waals surface area contributed by atoms with E-state index in [9.17, 15) is 12.8 Å². The average Bonchev–Trinajstić information content (AvgIpc) is 3.27. The van der Waals surface area contributed by atoms with Gasteiger partial charge in [0.2, 0.25) is 5.95 Å². The van der Waals surface area contributed by atoms with Gasteiger partial charge in [-0.2, -0.15) is 0 Å². The third-order valence-electron chi connectivity index (χ3n) is 6.89. The zero-order valence-corrected chi connectivity index (χ0v) is 20.2. The molecule has 0 amide bonds. The Balaban J connectivity index is 1.25. The third kappa shape index (κ3) is 4.51. The molecule has 2 aliphatic rings. The highest BCUT2D eigenvalue weighted by Gasteiger charge is 2.33. The van der Waals surface area contributed by atoms with E-state index in [4.69, 9.17) is 4.74 Å². The number of aromatic nitrogens is 2. The van der Waals surface area contributed by atoms with Gasteiger partial charge >= 0.3 is 0 Å². The summed E-state index contributed by atoms with van der Waals surface area (Å²) in [6.07, 6.45) is 8.72. The lowest BCUT2D eigenvalue weighted by Crippen LogP contribution is -2.40. The number of piperidine rings is 1. The molecule has 3 heterocycles. The summed E-state index contributed by atoms with van der Waals surface area (Å²) in [5.74, 6) is 1.54. The molecule has 1 unspecified atom stereocenters. The van der Waals surface area contributed by atoms with Crippen LogP contribution in [0.2, 0.25) is 0 Å². The van der Waals surface area contributed by atoms with Crippen molar-refractivity contribution < 1.29 is 17.5 Å². The summed E-state index contributed by atoms with van der Waals surface area (Å²) in [4.78, 5) is 11.2. The van der Waals surface area contributed by atoms with Gasteiger partial charge in [-0.3, -0.25) is 0 Å². The molecular formula is C26H28FN3O3S. The van der Waals surface area contributed by atoms with Crippen LogP contribution in [0, 0.1) is 11.7 Å². The monoisotopic (exact) mass is 481 g/mol. The van der Waals surface area contributed by atoms with Gasteiger partial charge in [0.1, 0.15) is 17.7 Å². The summed E-state index contributed by atoms with van der Waals surface area (Å²) in [5.41, 5.74) is 3.32. The second-order valence-electron chi connectivity index (χ2n) is 9.17. The lowest BCUT2D eigenvalue weighted by Gasteiger charge is -2.34. The van der Waals surface area contributed by atoms with Gasteiger partial charge in [0.15, 0.2) is 9.84 Å². The maximum atomic E-state index is 14.7. The Labute approximate surface area is 199 Å². The minimum Gasteiger partial charge on any atom is -0.490 e. The number of hydrogen-bond donors (Lipinski definition) is 0. The van der Waals surface area contributed by atoms with Gasteiger partial charge in [-0.1, -0.05) is 19.1 Å². The normalized spacial score (nSPS) is 18.6. The Kier molecular flexibility index (Phi) is 6.02. The van der Waals surface area contributed by atoms with Crippen LogP contribution in [0.4, 0.5) is 10.3 Å². The first-order valence-electron chi connectivity index (χ1n) is 11.7. The Morgan fingerprint density at radius 2 is 1.82 bits per heavy atom. The van der Waals surface area contributed by atoms with E-state index in [1.54, 1.807) is 0 Å². The van der Waals surface area contributed by atoms with Crippen molar-refractivity contribution >= 4 is 15.8 Å². The van der Waals surface area contributed by atoms with Gasteiger partial charge in [-0.15, -0.1) is 0 Å². The van der Waals surface area contributed by atoms with Gasteiger partial charge in [-0.25, -0.2) is 22.8 Å². The molecule has 3 aromatic rings. The van der Waals surface area contributed by atoms with E-state index in [2.05, 4.69) is 21.8 Å². The lowest BCUT2D eigenvalue weighted by molar-refractivity contribution is 0.138. The van der Waals surface area contributed by atoms with Crippen LogP contribution in [0.25, 0.3) is 11.1 Å². The molecule has 1 atom stereocenters. The van der Waals surface area contributed by atoms with Crippen LogP contribution in [-0.2, 0) is 22.7 Å². The number of ether oxygens (including phenoxy) is 1. The van der Waals surface area contributed by atoms with Crippen molar-refractivity contribution in [1.29, 1.82) is 0 Å². The first-order chi connectivity index (χ1) is 16.3. The summed E-state index contributed by atoms with van der Waals surface area (Å²) >= 11 is 0. The van der Waals surface area contributed by atoms with Gasteiger partial charge in [0.05, 0.1) is 4.90 Å². The highest BCUT2D eigenvalue weighted by molar-refractivity contribution is 7.90. The van der Waals surface area contributed by atoms with E-state index >= 15 is 0 Å². The van der Waals surface area contributed by atoms with Crippen molar-refractivity contribution in [2.45, 2.75) is 43.6 Å². The van der Waals surface area contributed by atoms with E-state index in [0.717, 1.165) is 79.5 Å². The predicted octanol–water partition coefficient (Wildman–Crippen LogP) is 4.47. The van der Waals surface area contributed by atoms with Crippen LogP contribution in [0.15, 0.2) is 53.7 Å². The van der Waals surface area contributed by atoms with E-state index in [0.29, 0.717) is 11.5 Å². The molecule has 5 rings (SSSR count). The predicted molar refractivity (Wildman–Crippen MR) is 129 cm³/mol. The van der Waals surface area contributed by atoms with Gasteiger partial charge < -0.3 is 9.64 Å². The zero-order chi connectivity index (χ0) is 23.9. The molecule has 1 fully saturated rings. The Morgan fingerprint density at radius 3 is 2.47 bits per heavy atom. The van der Waals surface area contributed by atoms with Crippen LogP contribution in [0.1, 0.15) is 30.9 Å². The first-order valence-corrected chi connectivity index (χ1v) is 13.6. The van der Waals surface area contributed by atoms with E-state index < -0.39 is 15.7 Å². The van der Waals surface area contributed by atoms with E-state index in [-0.39, 0.29) is 11.0 Å². The van der Waals surface area contributed by atoms with Crippen molar-refractivity contribution in [2.24, 2.45) is 5.92 Å². The number of fused-ring (bicyclic) bond motifs is 1. The number of hydrogen-bond acceptors (Lipinski definition) is 6. The van der Waals surface area contributed by atoms with Crippen molar-refractivity contribution in [3.8, 4) is 16.9 Å². The molecule has 0 spiro atoms. The van der Waals surface area contributed by atoms with E-state index in [1.807, 2.05) is 30.6 Å². The minimum absolute atomic E-state index is 0.0173. The molecule has 0 aliphatic carbocycles. The van der Waals surface area contributed by atoms with Crippen molar-refractivity contribution in [3.63, 3.8) is 0 Å². The quantitative estimate of drug-likeness (QED) is 0.536. The number of rotatable bonds is 5. The van der Waals surface area contributed by atoms with Gasteiger partial charge in [0, 0.05) is 43.7 Å². The Bertz CT molecular complexity index is 1300. The SMILES string of the molecule is CCc1cnc(N2CCC(C3Cc4cc(-c5ccc(S(C)(=O)=O)cc5F)ccc4O3)CC2)nc1. The number of aryl methyl sites for hydroxylation is 1. The average molecular weight is 482 g/mol. The summed E-state index contributed by atoms with van der Waals surface area (Å²) in [5, 5.41) is 0. The van der Waals surface area contributed by atoms with Crippen LogP contribution >= 0.6 is 0 Å². The molecule has 6 nitrogen and oxygen atoms in total. The van der Waals surface area contributed by atoms with E-state index in [1.165, 1.54) is 12.1 Å². The fraction of sp³-hybridized carbons (Fsp3) is 0.385. The van der Waals surface area contributed by atoms with Gasteiger partial charge in [-0.05, 0) is 66.1 Å². The number of benzene rings is 2. The van der Waals surface area contributed by atoms with Crippen molar-refractivity contribution in [2.75, 3.05) is 24.2 Å². The van der Waals surface area contributed by atoms with Crippen LogP contribution in [0.3, 0.4) is 0 Å². The number of halogens is 1. The van der Waals surface area contributed by atoms with Gasteiger partial charge in [0.25, 0.3) is 0 Å². The second-order valence-corrected chi connectivity index (χ2v) is 11.2. The van der Waals surface area contributed by atoms with Crippen LogP contribution in [-0.4, -0.2) is 43.8 Å². The third-order valence-corrected chi connectivity index (χ3v) is 8.00. The highest BCUT2D eigenvalue weighted by atomic mass is 32.2. The second kappa shape index (κ2) is 8.98. The van der Waals surface area contributed by atoms with Crippen LogP contribution in [0.5, 0.6) is 5.75 Å². The first kappa shape index (κ1) is 22.8. The topological polar surface area (TPSA) is 72.4 Å². The molecule has 1 saturated heterocycles. The number of anilines is 1. The van der Waals surface area contributed by atoms with Crippen molar-refractivity contribution in [1.82, 2.24) is 9.97 Å². The summed E-state index contributed by atoms with van der Waals surface area (Å²) in [7, 11) is -3.45. The molecule has 0 N–H and O–H groups in total. The Morgan fingerprint density at radius 1 is 1.09 bits per heavy atom. The largest absolute Gasteiger partial charge is 0.490 e. The maximum Gasteiger partial charge on any atom is 0.225 e. The molecular weight excluding hydrogens is 453 g/mol. The Hall–Kier alpha value is -3.00. The minimum atomic E-state index is -3.45. The van der Waals surface area contributed by atoms with Crippen LogP contribution < -0.4 is 9.64 Å². The molecule has 0 bridgehead atoms. The fourth-order valence-corrected chi connectivity index (χ4v) is 5.46. The molecule has 8 heteroatoms. The smallest absolute Gasteiger partial charge is 0.225 e.